The van der Waals surface area contributed by atoms with Crippen LogP contribution in [0, 0.1) is 5.41 Å². The molecule has 0 unspecified atom stereocenters. The van der Waals surface area contributed by atoms with Crippen molar-refractivity contribution < 1.29 is 9.59 Å². The summed E-state index contributed by atoms with van der Waals surface area (Å²) in [5.41, 5.74) is 0.363. The van der Waals surface area contributed by atoms with E-state index in [0.717, 1.165) is 12.8 Å². The molecule has 0 aromatic heterocycles. The van der Waals surface area contributed by atoms with Gasteiger partial charge in [-0.25, -0.2) is 0 Å². The molecule has 0 aliphatic carbocycles. The number of aryl methyl sites for hydroxylation is 1. The Hall–Kier alpha value is -2.04. The summed E-state index contributed by atoms with van der Waals surface area (Å²) in [6, 6.07) is 15.0. The summed E-state index contributed by atoms with van der Waals surface area (Å²) in [5.74, 6) is -0.775. The zero-order chi connectivity index (χ0) is 19.2. The Kier molecular flexibility index (Phi) is 7.06. The van der Waals surface area contributed by atoms with Crippen molar-refractivity contribution in [1.82, 2.24) is 5.32 Å². The maximum atomic E-state index is 12.5. The first kappa shape index (κ1) is 20.3. The minimum Gasteiger partial charge on any atom is -0.355 e. The number of carbonyl (C=O) groups excluding carboxylic acids is 2. The summed E-state index contributed by atoms with van der Waals surface area (Å²) in [4.78, 5) is 24.9. The predicted octanol–water partition coefficient (Wildman–Crippen LogP) is 4.71. The summed E-state index contributed by atoms with van der Waals surface area (Å²) in [5, 5.41) is 6.09. The van der Waals surface area contributed by atoms with Crippen LogP contribution in [-0.2, 0) is 16.0 Å². The first-order chi connectivity index (χ1) is 12.3. The molecule has 0 aliphatic heterocycles. The number of hydrogen-bond acceptors (Lipinski definition) is 2. The Labute approximate surface area is 163 Å². The second-order valence-electron chi connectivity index (χ2n) is 6.53. The molecular formula is C20H22Cl2N2O2. The molecule has 2 rings (SSSR count). The monoisotopic (exact) mass is 392 g/mol. The van der Waals surface area contributed by atoms with Crippen molar-refractivity contribution in [3.05, 3.63) is 64.1 Å². The van der Waals surface area contributed by atoms with E-state index in [1.54, 1.807) is 32.0 Å². The first-order valence-electron chi connectivity index (χ1n) is 8.40. The summed E-state index contributed by atoms with van der Waals surface area (Å²) < 4.78 is 0. The third-order valence-corrected chi connectivity index (χ3v) is 4.92. The van der Waals surface area contributed by atoms with Crippen LogP contribution in [0.25, 0.3) is 0 Å². The van der Waals surface area contributed by atoms with Crippen LogP contribution in [0.5, 0.6) is 0 Å². The normalized spacial score (nSPS) is 11.1. The Morgan fingerprint density at radius 3 is 2.35 bits per heavy atom. The molecule has 2 aromatic rings. The molecule has 0 atom stereocenters. The van der Waals surface area contributed by atoms with Gasteiger partial charge in [0.25, 0.3) is 0 Å². The summed E-state index contributed by atoms with van der Waals surface area (Å²) in [6.07, 6.45) is 1.67. The molecule has 0 spiro atoms. The molecule has 2 amide bonds. The summed E-state index contributed by atoms with van der Waals surface area (Å²) in [6.45, 7) is 3.66. The molecule has 4 nitrogen and oxygen atoms in total. The molecule has 0 bridgehead atoms. The number of carbonyl (C=O) groups is 2. The molecule has 2 N–H and O–H groups in total. The van der Waals surface area contributed by atoms with Crippen LogP contribution in [-0.4, -0.2) is 18.4 Å². The van der Waals surface area contributed by atoms with Crippen molar-refractivity contribution in [3.63, 3.8) is 0 Å². The maximum absolute atomic E-state index is 12.5. The zero-order valence-corrected chi connectivity index (χ0v) is 16.3. The average Bonchev–Trinajstić information content (AvgIpc) is 2.63. The smallest absolute Gasteiger partial charge is 0.239 e. The van der Waals surface area contributed by atoms with Crippen LogP contribution in [0.1, 0.15) is 25.8 Å². The lowest BCUT2D eigenvalue weighted by Crippen LogP contribution is -2.45. The summed E-state index contributed by atoms with van der Waals surface area (Å²) in [7, 11) is 0. The van der Waals surface area contributed by atoms with E-state index in [1.807, 2.05) is 30.3 Å². The van der Waals surface area contributed by atoms with Crippen molar-refractivity contribution in [2.45, 2.75) is 26.7 Å². The Bertz CT molecular complexity index is 777. The number of benzene rings is 2. The van der Waals surface area contributed by atoms with Crippen LogP contribution in [0.2, 0.25) is 10.0 Å². The Morgan fingerprint density at radius 1 is 0.962 bits per heavy atom. The van der Waals surface area contributed by atoms with Crippen LogP contribution in [0.3, 0.4) is 0 Å². The fourth-order valence-electron chi connectivity index (χ4n) is 2.34. The lowest BCUT2D eigenvalue weighted by Gasteiger charge is -2.23. The van der Waals surface area contributed by atoms with Gasteiger partial charge in [-0.2, -0.15) is 0 Å². The highest BCUT2D eigenvalue weighted by atomic mass is 35.5. The highest BCUT2D eigenvalue weighted by Gasteiger charge is 2.36. The van der Waals surface area contributed by atoms with Gasteiger partial charge in [0.2, 0.25) is 11.8 Å². The predicted molar refractivity (Wildman–Crippen MR) is 107 cm³/mol. The minimum absolute atomic E-state index is 0.251. The lowest BCUT2D eigenvalue weighted by atomic mass is 9.91. The second kappa shape index (κ2) is 9.06. The molecule has 0 saturated carbocycles. The van der Waals surface area contributed by atoms with Gasteiger partial charge in [-0.3, -0.25) is 9.59 Å². The topological polar surface area (TPSA) is 58.2 Å². The Morgan fingerprint density at radius 2 is 1.65 bits per heavy atom. The number of nitrogens with one attached hydrogen (secondary N) is 2. The first-order valence-corrected chi connectivity index (χ1v) is 9.15. The quantitative estimate of drug-likeness (QED) is 0.529. The van der Waals surface area contributed by atoms with Crippen LogP contribution < -0.4 is 10.6 Å². The van der Waals surface area contributed by atoms with E-state index in [9.17, 15) is 9.59 Å². The number of hydrogen-bond donors (Lipinski definition) is 2. The fraction of sp³-hybridized carbons (Fsp3) is 0.300. The molecule has 6 heteroatoms. The number of rotatable bonds is 7. The lowest BCUT2D eigenvalue weighted by molar-refractivity contribution is -0.138. The largest absolute Gasteiger partial charge is 0.355 e. The molecule has 0 radical (unpaired) electrons. The molecule has 0 fully saturated rings. The van der Waals surface area contributed by atoms with E-state index in [1.165, 1.54) is 5.56 Å². The van der Waals surface area contributed by atoms with Crippen molar-refractivity contribution >= 4 is 40.7 Å². The summed E-state index contributed by atoms with van der Waals surface area (Å²) >= 11 is 12.0. The van der Waals surface area contributed by atoms with Crippen LogP contribution >= 0.6 is 23.2 Å². The van der Waals surface area contributed by atoms with Gasteiger partial charge < -0.3 is 10.6 Å². The van der Waals surface area contributed by atoms with Crippen molar-refractivity contribution in [2.24, 2.45) is 5.41 Å². The van der Waals surface area contributed by atoms with Gasteiger partial charge in [0.15, 0.2) is 0 Å². The third-order valence-electron chi connectivity index (χ3n) is 4.11. The van der Waals surface area contributed by atoms with E-state index >= 15 is 0 Å². The van der Waals surface area contributed by atoms with Gasteiger partial charge in [0.05, 0.1) is 15.7 Å². The zero-order valence-electron chi connectivity index (χ0n) is 14.8. The van der Waals surface area contributed by atoms with Crippen LogP contribution in [0.15, 0.2) is 48.5 Å². The molecule has 138 valence electrons. The standard InChI is InChI=1S/C20H22Cl2N2O2/c1-20(2,19(26)24-16-12-6-11-15(21)17(16)22)18(25)23-13-7-10-14-8-4-3-5-9-14/h3-6,8-9,11-12H,7,10,13H2,1-2H3,(H,23,25)(H,24,26). The van der Waals surface area contributed by atoms with Crippen LogP contribution in [0.4, 0.5) is 5.69 Å². The maximum Gasteiger partial charge on any atom is 0.239 e. The third kappa shape index (κ3) is 5.23. The van der Waals surface area contributed by atoms with Gasteiger partial charge in [0, 0.05) is 6.54 Å². The minimum atomic E-state index is -1.24. The molecule has 2 aromatic carbocycles. The van der Waals surface area contributed by atoms with Gasteiger partial charge >= 0.3 is 0 Å². The van der Waals surface area contributed by atoms with E-state index in [-0.39, 0.29) is 10.9 Å². The van der Waals surface area contributed by atoms with Gasteiger partial charge in [0.1, 0.15) is 5.41 Å². The van der Waals surface area contributed by atoms with Crippen molar-refractivity contribution in [1.29, 1.82) is 0 Å². The van der Waals surface area contributed by atoms with Crippen molar-refractivity contribution in [2.75, 3.05) is 11.9 Å². The molecule has 0 saturated heterocycles. The van der Waals surface area contributed by atoms with E-state index < -0.39 is 11.3 Å². The fourth-order valence-corrected chi connectivity index (χ4v) is 2.69. The number of anilines is 1. The highest BCUT2D eigenvalue weighted by Crippen LogP contribution is 2.30. The highest BCUT2D eigenvalue weighted by molar-refractivity contribution is 6.44. The van der Waals surface area contributed by atoms with E-state index in [2.05, 4.69) is 10.6 Å². The average molecular weight is 393 g/mol. The van der Waals surface area contributed by atoms with Crippen molar-refractivity contribution in [3.8, 4) is 0 Å². The molecule has 0 heterocycles. The van der Waals surface area contributed by atoms with Gasteiger partial charge in [-0.1, -0.05) is 59.6 Å². The SMILES string of the molecule is CC(C)(C(=O)NCCCc1ccccc1)C(=O)Nc1cccc(Cl)c1Cl. The molecular weight excluding hydrogens is 371 g/mol. The van der Waals surface area contributed by atoms with Gasteiger partial charge in [-0.05, 0) is 44.4 Å². The van der Waals surface area contributed by atoms with E-state index in [0.29, 0.717) is 17.3 Å². The number of amides is 2. The number of halogens is 2. The van der Waals surface area contributed by atoms with Gasteiger partial charge in [-0.15, -0.1) is 0 Å². The second-order valence-corrected chi connectivity index (χ2v) is 7.31. The molecule has 26 heavy (non-hydrogen) atoms. The van der Waals surface area contributed by atoms with E-state index in [4.69, 9.17) is 23.2 Å². The Balaban J connectivity index is 1.87. The molecule has 0 aliphatic rings.